The molecule has 0 bridgehead atoms. The summed E-state index contributed by atoms with van der Waals surface area (Å²) in [6.07, 6.45) is 0.295. The number of ether oxygens (including phenoxy) is 1. The lowest BCUT2D eigenvalue weighted by atomic mass is 10.00. The van der Waals surface area contributed by atoms with Crippen molar-refractivity contribution in [3.05, 3.63) is 41.3 Å². The number of carboxylic acid groups (broad SMARTS) is 2. The molecule has 2 aromatic rings. The lowest BCUT2D eigenvalue weighted by molar-refractivity contribution is -0.141. The Morgan fingerprint density at radius 3 is 2.57 bits per heavy atom. The van der Waals surface area contributed by atoms with Crippen LogP contribution in [0.1, 0.15) is 31.9 Å². The van der Waals surface area contributed by atoms with Crippen LogP contribution >= 0.6 is 11.6 Å². The van der Waals surface area contributed by atoms with E-state index < -0.39 is 18.1 Å². The maximum atomic E-state index is 11.4. The zero-order valence-corrected chi connectivity index (χ0v) is 16.1. The van der Waals surface area contributed by atoms with Gasteiger partial charge in [-0.15, -0.1) is 0 Å². The van der Waals surface area contributed by atoms with Crippen molar-refractivity contribution in [1.29, 1.82) is 0 Å². The Kier molecular flexibility index (Phi) is 5.69. The van der Waals surface area contributed by atoms with Crippen LogP contribution in [-0.2, 0) is 4.79 Å². The number of carboxylic acids is 1. The highest BCUT2D eigenvalue weighted by molar-refractivity contribution is 6.32. The van der Waals surface area contributed by atoms with Gasteiger partial charge < -0.3 is 14.9 Å². The molecule has 0 aliphatic carbocycles. The van der Waals surface area contributed by atoms with Crippen molar-refractivity contribution in [3.63, 3.8) is 0 Å². The fourth-order valence-electron chi connectivity index (χ4n) is 3.26. The predicted octanol–water partition coefficient (Wildman–Crippen LogP) is 3.50. The maximum Gasteiger partial charge on any atom is 0.408 e. The molecule has 0 radical (unpaired) electrons. The number of halogens is 1. The second-order valence-corrected chi connectivity index (χ2v) is 7.27. The summed E-state index contributed by atoms with van der Waals surface area (Å²) in [5.74, 6) is -0.906. The number of likely N-dealkylation sites (tertiary alicyclic amines) is 1. The predicted molar refractivity (Wildman–Crippen MR) is 102 cm³/mol. The second kappa shape index (κ2) is 8.02. The van der Waals surface area contributed by atoms with Crippen molar-refractivity contribution in [3.8, 4) is 17.0 Å². The van der Waals surface area contributed by atoms with E-state index in [9.17, 15) is 19.8 Å². The van der Waals surface area contributed by atoms with Crippen LogP contribution in [0.2, 0.25) is 5.02 Å². The van der Waals surface area contributed by atoms with Crippen molar-refractivity contribution in [2.24, 2.45) is 0 Å². The van der Waals surface area contributed by atoms with Gasteiger partial charge in [-0.2, -0.15) is 0 Å². The van der Waals surface area contributed by atoms with E-state index in [-0.39, 0.29) is 25.0 Å². The smallest absolute Gasteiger partial charge is 0.408 e. The average molecular weight is 406 g/mol. The zero-order valence-electron chi connectivity index (χ0n) is 15.4. The molecule has 148 valence electrons. The number of carbonyl (C=O) groups is 2. The molecule has 1 aliphatic rings. The summed E-state index contributed by atoms with van der Waals surface area (Å²) in [5, 5.41) is 19.0. The summed E-state index contributed by atoms with van der Waals surface area (Å²) in [5.41, 5.74) is 1.97. The van der Waals surface area contributed by atoms with Gasteiger partial charge in [0, 0.05) is 23.7 Å². The maximum absolute atomic E-state index is 11.4. The van der Waals surface area contributed by atoms with E-state index in [4.69, 9.17) is 16.3 Å². The number of hydrogen-bond donors (Lipinski definition) is 2. The first-order valence-corrected chi connectivity index (χ1v) is 9.15. The van der Waals surface area contributed by atoms with Crippen molar-refractivity contribution in [1.82, 2.24) is 14.9 Å². The van der Waals surface area contributed by atoms with E-state index >= 15 is 0 Å². The van der Waals surface area contributed by atoms with Crippen LogP contribution in [0, 0.1) is 0 Å². The van der Waals surface area contributed by atoms with Crippen LogP contribution in [0.15, 0.2) is 30.6 Å². The molecule has 3 rings (SSSR count). The van der Waals surface area contributed by atoms with E-state index in [0.717, 1.165) is 10.5 Å². The molecule has 1 aromatic heterocycles. The first-order valence-electron chi connectivity index (χ1n) is 8.77. The lowest BCUT2D eigenvalue weighted by Crippen LogP contribution is -2.39. The van der Waals surface area contributed by atoms with Crippen molar-refractivity contribution in [2.45, 2.75) is 38.3 Å². The van der Waals surface area contributed by atoms with E-state index in [2.05, 4.69) is 9.97 Å². The number of nitrogens with zero attached hydrogens (tertiary/aromatic N) is 3. The zero-order chi connectivity index (χ0) is 20.4. The summed E-state index contributed by atoms with van der Waals surface area (Å²) < 4.78 is 5.63. The summed E-state index contributed by atoms with van der Waals surface area (Å²) >= 11 is 6.29. The van der Waals surface area contributed by atoms with Gasteiger partial charge in [-0.3, -0.25) is 4.90 Å². The number of amides is 1. The SMILES string of the molecule is CC(C)Oc1ccc(-c2cc(C3CC(C(=O)O)N(C(=O)O)C3)ncn2)cc1Cl. The molecule has 0 spiro atoms. The molecule has 2 N–H and O–H groups in total. The minimum atomic E-state index is -1.25. The Morgan fingerprint density at radius 1 is 1.25 bits per heavy atom. The first-order chi connectivity index (χ1) is 13.3. The molecule has 2 atom stereocenters. The molecule has 28 heavy (non-hydrogen) atoms. The van der Waals surface area contributed by atoms with E-state index in [1.165, 1.54) is 6.33 Å². The van der Waals surface area contributed by atoms with Crippen LogP contribution < -0.4 is 4.74 Å². The third-order valence-corrected chi connectivity index (χ3v) is 4.82. The van der Waals surface area contributed by atoms with Gasteiger partial charge in [-0.05, 0) is 44.5 Å². The van der Waals surface area contributed by atoms with Crippen LogP contribution in [0.25, 0.3) is 11.3 Å². The Bertz CT molecular complexity index is 883. The third-order valence-electron chi connectivity index (χ3n) is 4.53. The normalized spacial score (nSPS) is 19.1. The van der Waals surface area contributed by atoms with Gasteiger partial charge in [-0.25, -0.2) is 19.6 Å². The van der Waals surface area contributed by atoms with Gasteiger partial charge in [0.15, 0.2) is 0 Å². The van der Waals surface area contributed by atoms with Gasteiger partial charge in [0.1, 0.15) is 18.1 Å². The van der Waals surface area contributed by atoms with Crippen LogP contribution in [-0.4, -0.2) is 55.8 Å². The molecule has 2 heterocycles. The van der Waals surface area contributed by atoms with Gasteiger partial charge >= 0.3 is 12.1 Å². The van der Waals surface area contributed by atoms with E-state index in [1.807, 2.05) is 19.9 Å². The van der Waals surface area contributed by atoms with E-state index in [1.54, 1.807) is 18.2 Å². The molecule has 1 fully saturated rings. The summed E-state index contributed by atoms with van der Waals surface area (Å²) in [6, 6.07) is 5.99. The van der Waals surface area contributed by atoms with Crippen LogP contribution in [0.5, 0.6) is 5.75 Å². The molecule has 1 amide bonds. The average Bonchev–Trinajstić information content (AvgIpc) is 3.09. The molecular formula is C19H20ClN3O5. The van der Waals surface area contributed by atoms with Crippen molar-refractivity contribution in [2.75, 3.05) is 6.54 Å². The molecule has 2 unspecified atom stereocenters. The fourth-order valence-corrected chi connectivity index (χ4v) is 3.48. The Morgan fingerprint density at radius 2 is 2.00 bits per heavy atom. The fraction of sp³-hybridized carbons (Fsp3) is 0.368. The molecule has 1 saturated heterocycles. The largest absolute Gasteiger partial charge is 0.489 e. The number of aromatic nitrogens is 2. The number of hydrogen-bond acceptors (Lipinski definition) is 5. The van der Waals surface area contributed by atoms with Gasteiger partial charge in [0.2, 0.25) is 0 Å². The van der Waals surface area contributed by atoms with Crippen LogP contribution in [0.4, 0.5) is 4.79 Å². The monoisotopic (exact) mass is 405 g/mol. The molecule has 1 aromatic carbocycles. The summed E-state index contributed by atoms with van der Waals surface area (Å²) in [4.78, 5) is 32.1. The minimum Gasteiger partial charge on any atom is -0.489 e. The molecule has 1 aliphatic heterocycles. The van der Waals surface area contributed by atoms with E-state index in [0.29, 0.717) is 22.2 Å². The third kappa shape index (κ3) is 4.17. The number of benzene rings is 1. The topological polar surface area (TPSA) is 113 Å². The summed E-state index contributed by atoms with van der Waals surface area (Å²) in [6.45, 7) is 3.89. The highest BCUT2D eigenvalue weighted by Gasteiger charge is 2.41. The van der Waals surface area contributed by atoms with Gasteiger partial charge in [-0.1, -0.05) is 11.6 Å². The number of aliphatic carboxylic acids is 1. The highest BCUT2D eigenvalue weighted by atomic mass is 35.5. The quantitative estimate of drug-likeness (QED) is 0.782. The van der Waals surface area contributed by atoms with Crippen LogP contribution in [0.3, 0.4) is 0 Å². The Labute approximate surface area is 166 Å². The summed E-state index contributed by atoms with van der Waals surface area (Å²) in [7, 11) is 0. The number of rotatable bonds is 5. The molecule has 8 nitrogen and oxygen atoms in total. The Balaban J connectivity index is 1.86. The second-order valence-electron chi connectivity index (χ2n) is 6.86. The molecular weight excluding hydrogens is 386 g/mol. The Hall–Kier alpha value is -2.87. The van der Waals surface area contributed by atoms with Gasteiger partial charge in [0.05, 0.1) is 16.8 Å². The highest BCUT2D eigenvalue weighted by Crippen LogP contribution is 2.34. The van der Waals surface area contributed by atoms with Gasteiger partial charge in [0.25, 0.3) is 0 Å². The molecule has 0 saturated carbocycles. The molecule has 9 heteroatoms. The standard InChI is InChI=1S/C19H20ClN3O5/c1-10(2)28-17-4-3-11(5-13(17)20)14-7-15(22-9-21-14)12-6-16(18(24)25)23(8-12)19(26)27/h3-5,7,9-10,12,16H,6,8H2,1-2H3,(H,24,25)(H,26,27). The lowest BCUT2D eigenvalue weighted by Gasteiger charge is -2.16. The van der Waals surface area contributed by atoms with Crippen molar-refractivity contribution >= 4 is 23.7 Å². The minimum absolute atomic E-state index is 0.00395. The van der Waals surface area contributed by atoms with Crippen molar-refractivity contribution < 1.29 is 24.5 Å². The first kappa shape index (κ1) is 19.9.